The number of ether oxygens (including phenoxy) is 1. The molecule has 0 amide bonds. The summed E-state index contributed by atoms with van der Waals surface area (Å²) in [5, 5.41) is 9.02. The van der Waals surface area contributed by atoms with Crippen LogP contribution in [-0.2, 0) is 4.79 Å². The molecule has 1 unspecified atom stereocenters. The number of hydrogen-bond acceptors (Lipinski definition) is 4. The number of rotatable bonds is 6. The van der Waals surface area contributed by atoms with E-state index in [1.165, 1.54) is 0 Å². The van der Waals surface area contributed by atoms with Crippen molar-refractivity contribution in [1.29, 1.82) is 0 Å². The summed E-state index contributed by atoms with van der Waals surface area (Å²) in [4.78, 5) is 15.3. The third-order valence-corrected chi connectivity index (χ3v) is 4.07. The topological polar surface area (TPSA) is 53.0 Å². The molecule has 1 aliphatic heterocycles. The maximum atomic E-state index is 11.0. The Labute approximate surface area is 126 Å². The predicted molar refractivity (Wildman–Crippen MR) is 81.8 cm³/mol. The van der Waals surface area contributed by atoms with Crippen LogP contribution in [0.5, 0.6) is 5.75 Å². The van der Waals surface area contributed by atoms with Gasteiger partial charge in [-0.1, -0.05) is 18.2 Å². The Balaban J connectivity index is 1.70. The lowest BCUT2D eigenvalue weighted by Crippen LogP contribution is -2.52. The van der Waals surface area contributed by atoms with Crippen molar-refractivity contribution in [3.63, 3.8) is 0 Å². The molecule has 1 aromatic carbocycles. The summed E-state index contributed by atoms with van der Waals surface area (Å²) in [5.74, 6) is 0.196. The highest BCUT2D eigenvalue weighted by molar-refractivity contribution is 5.72. The van der Waals surface area contributed by atoms with Gasteiger partial charge >= 0.3 is 5.97 Å². The number of nitrogens with zero attached hydrogens (tertiary/aromatic N) is 2. The molecule has 0 saturated carbocycles. The van der Waals surface area contributed by atoms with E-state index in [1.807, 2.05) is 36.1 Å². The Morgan fingerprint density at radius 1 is 1.29 bits per heavy atom. The molecule has 5 heteroatoms. The molecule has 1 N–H and O–H groups in total. The Bertz CT molecular complexity index is 470. The minimum absolute atomic E-state index is 0.393. The van der Waals surface area contributed by atoms with Gasteiger partial charge in [-0.05, 0) is 25.5 Å². The highest BCUT2D eigenvalue weighted by Gasteiger charge is 2.24. The van der Waals surface area contributed by atoms with Crippen molar-refractivity contribution in [1.82, 2.24) is 9.80 Å². The van der Waals surface area contributed by atoms with Gasteiger partial charge in [-0.25, -0.2) is 0 Å². The lowest BCUT2D eigenvalue weighted by Gasteiger charge is -2.36. The van der Waals surface area contributed by atoms with Crippen molar-refractivity contribution >= 4 is 5.97 Å². The number of carboxylic acid groups (broad SMARTS) is 1. The first-order chi connectivity index (χ1) is 10.1. The summed E-state index contributed by atoms with van der Waals surface area (Å²) in [6.45, 7) is 8.74. The maximum Gasteiger partial charge on any atom is 0.320 e. The third kappa shape index (κ3) is 4.44. The van der Waals surface area contributed by atoms with Crippen LogP contribution in [0.4, 0.5) is 0 Å². The highest BCUT2D eigenvalue weighted by atomic mass is 16.5. The van der Waals surface area contributed by atoms with Crippen LogP contribution in [0.25, 0.3) is 0 Å². The van der Waals surface area contributed by atoms with E-state index in [4.69, 9.17) is 9.84 Å². The SMILES string of the molecule is Cc1ccccc1OCCN1CCN(C(C)C(=O)O)CC1. The van der Waals surface area contributed by atoms with Crippen LogP contribution >= 0.6 is 0 Å². The van der Waals surface area contributed by atoms with Gasteiger partial charge in [-0.3, -0.25) is 14.6 Å². The number of aryl methyl sites for hydroxylation is 1. The zero-order chi connectivity index (χ0) is 15.2. The van der Waals surface area contributed by atoms with Crippen molar-refractivity contribution in [3.05, 3.63) is 29.8 Å². The van der Waals surface area contributed by atoms with Gasteiger partial charge in [0, 0.05) is 32.7 Å². The number of hydrogen-bond donors (Lipinski definition) is 1. The molecule has 0 radical (unpaired) electrons. The summed E-state index contributed by atoms with van der Waals surface area (Å²) < 4.78 is 5.80. The second-order valence-electron chi connectivity index (χ2n) is 5.51. The van der Waals surface area contributed by atoms with Crippen LogP contribution in [0.1, 0.15) is 12.5 Å². The van der Waals surface area contributed by atoms with Gasteiger partial charge in [0.25, 0.3) is 0 Å². The van der Waals surface area contributed by atoms with E-state index in [1.54, 1.807) is 6.92 Å². The maximum absolute atomic E-state index is 11.0. The summed E-state index contributed by atoms with van der Waals surface area (Å²) in [7, 11) is 0. The van der Waals surface area contributed by atoms with E-state index in [9.17, 15) is 4.79 Å². The fourth-order valence-electron chi connectivity index (χ4n) is 2.53. The molecule has 1 aromatic rings. The quantitative estimate of drug-likeness (QED) is 0.860. The van der Waals surface area contributed by atoms with Gasteiger partial charge in [0.1, 0.15) is 18.4 Å². The lowest BCUT2D eigenvalue weighted by molar-refractivity contribution is -0.143. The Morgan fingerprint density at radius 2 is 1.95 bits per heavy atom. The first-order valence-corrected chi connectivity index (χ1v) is 7.45. The average Bonchev–Trinajstić information content (AvgIpc) is 2.49. The molecular weight excluding hydrogens is 268 g/mol. The van der Waals surface area contributed by atoms with E-state index < -0.39 is 12.0 Å². The molecule has 1 atom stereocenters. The number of carbonyl (C=O) groups is 1. The van der Waals surface area contributed by atoms with E-state index in [0.717, 1.165) is 44.0 Å². The van der Waals surface area contributed by atoms with Gasteiger partial charge < -0.3 is 9.84 Å². The smallest absolute Gasteiger partial charge is 0.320 e. The Hall–Kier alpha value is -1.59. The number of carboxylic acids is 1. The fraction of sp³-hybridized carbons (Fsp3) is 0.562. The summed E-state index contributed by atoms with van der Waals surface area (Å²) in [5.41, 5.74) is 1.15. The number of para-hydroxylation sites is 1. The highest BCUT2D eigenvalue weighted by Crippen LogP contribution is 2.16. The number of aliphatic carboxylic acids is 1. The van der Waals surface area contributed by atoms with Crippen LogP contribution in [-0.4, -0.2) is 66.2 Å². The molecule has 0 spiro atoms. The third-order valence-electron chi connectivity index (χ3n) is 4.07. The molecule has 0 aliphatic carbocycles. The largest absolute Gasteiger partial charge is 0.492 e. The first kappa shape index (κ1) is 15.8. The van der Waals surface area contributed by atoms with Crippen LogP contribution in [0.2, 0.25) is 0 Å². The Kier molecular flexibility index (Phi) is 5.59. The minimum atomic E-state index is -0.744. The standard InChI is InChI=1S/C16H24N2O3/c1-13-5-3-4-6-15(13)21-12-11-17-7-9-18(10-8-17)14(2)16(19)20/h3-6,14H,7-12H2,1-2H3,(H,19,20). The van der Waals surface area contributed by atoms with Crippen molar-refractivity contribution < 1.29 is 14.6 Å². The van der Waals surface area contributed by atoms with Crippen LogP contribution in [0, 0.1) is 6.92 Å². The van der Waals surface area contributed by atoms with Gasteiger partial charge in [0.2, 0.25) is 0 Å². The molecule has 1 heterocycles. The molecule has 1 saturated heterocycles. The van der Waals surface area contributed by atoms with Crippen LogP contribution in [0.3, 0.4) is 0 Å². The molecule has 5 nitrogen and oxygen atoms in total. The fourth-order valence-corrected chi connectivity index (χ4v) is 2.53. The summed E-state index contributed by atoms with van der Waals surface area (Å²) >= 11 is 0. The van der Waals surface area contributed by atoms with Crippen molar-refractivity contribution in [2.75, 3.05) is 39.3 Å². The normalized spacial score (nSPS) is 18.4. The van der Waals surface area contributed by atoms with E-state index >= 15 is 0 Å². The van der Waals surface area contributed by atoms with Crippen molar-refractivity contribution in [2.45, 2.75) is 19.9 Å². The zero-order valence-corrected chi connectivity index (χ0v) is 12.8. The van der Waals surface area contributed by atoms with Crippen molar-refractivity contribution in [3.8, 4) is 5.75 Å². The molecule has 1 fully saturated rings. The molecular formula is C16H24N2O3. The van der Waals surface area contributed by atoms with Gasteiger partial charge in [0.15, 0.2) is 0 Å². The minimum Gasteiger partial charge on any atom is -0.492 e. The summed E-state index contributed by atoms with van der Waals surface area (Å²) in [6, 6.07) is 7.62. The predicted octanol–water partition coefficient (Wildman–Crippen LogP) is 1.46. The average molecular weight is 292 g/mol. The molecule has 0 aromatic heterocycles. The second-order valence-corrected chi connectivity index (χ2v) is 5.51. The van der Waals surface area contributed by atoms with Gasteiger partial charge in [0.05, 0.1) is 0 Å². The van der Waals surface area contributed by atoms with Crippen LogP contribution < -0.4 is 4.74 Å². The molecule has 1 aliphatic rings. The second kappa shape index (κ2) is 7.43. The number of benzene rings is 1. The molecule has 116 valence electrons. The monoisotopic (exact) mass is 292 g/mol. The number of piperazine rings is 1. The van der Waals surface area contributed by atoms with Gasteiger partial charge in [-0.15, -0.1) is 0 Å². The molecule has 2 rings (SSSR count). The van der Waals surface area contributed by atoms with E-state index in [0.29, 0.717) is 6.61 Å². The molecule has 0 bridgehead atoms. The first-order valence-electron chi connectivity index (χ1n) is 7.45. The van der Waals surface area contributed by atoms with E-state index in [2.05, 4.69) is 4.90 Å². The van der Waals surface area contributed by atoms with E-state index in [-0.39, 0.29) is 0 Å². The van der Waals surface area contributed by atoms with Gasteiger partial charge in [-0.2, -0.15) is 0 Å². The zero-order valence-electron chi connectivity index (χ0n) is 12.8. The van der Waals surface area contributed by atoms with Crippen LogP contribution in [0.15, 0.2) is 24.3 Å². The lowest BCUT2D eigenvalue weighted by atomic mass is 10.2. The molecule has 21 heavy (non-hydrogen) atoms. The van der Waals surface area contributed by atoms with Crippen molar-refractivity contribution in [2.24, 2.45) is 0 Å². The Morgan fingerprint density at radius 3 is 2.57 bits per heavy atom. The summed E-state index contributed by atoms with van der Waals surface area (Å²) in [6.07, 6.45) is 0.